The van der Waals surface area contributed by atoms with Crippen LogP contribution in [0.15, 0.2) is 45.3 Å². The Hall–Kier alpha value is -2.06. The molecule has 0 fully saturated rings. The molecule has 0 radical (unpaired) electrons. The molecular weight excluding hydrogens is 358 g/mol. The van der Waals surface area contributed by atoms with E-state index in [0.717, 1.165) is 8.66 Å². The summed E-state index contributed by atoms with van der Waals surface area (Å²) < 4.78 is 0.980. The van der Waals surface area contributed by atoms with Gasteiger partial charge in [-0.3, -0.25) is 14.9 Å². The Morgan fingerprint density at radius 2 is 1.95 bits per heavy atom. The van der Waals surface area contributed by atoms with Gasteiger partial charge in [-0.1, -0.05) is 0 Å². The van der Waals surface area contributed by atoms with Gasteiger partial charge in [-0.25, -0.2) is 5.43 Å². The molecule has 6 nitrogen and oxygen atoms in total. The largest absolute Gasteiger partial charge is 0.271 e. The number of carbonyl (C=O) groups excluding carboxylic acids is 1. The monoisotopic (exact) mass is 367 g/mol. The number of thiophene rings is 1. The number of hydrogen-bond acceptors (Lipinski definition) is 5. The van der Waals surface area contributed by atoms with Crippen LogP contribution >= 0.6 is 27.3 Å². The number of halogens is 1. The number of nitrogens with one attached hydrogen (secondary N) is 1. The van der Waals surface area contributed by atoms with E-state index >= 15 is 0 Å². The van der Waals surface area contributed by atoms with Gasteiger partial charge in [-0.2, -0.15) is 5.10 Å². The van der Waals surface area contributed by atoms with Gasteiger partial charge in [-0.15, -0.1) is 11.3 Å². The van der Waals surface area contributed by atoms with Crippen molar-refractivity contribution < 1.29 is 9.72 Å². The van der Waals surface area contributed by atoms with Crippen LogP contribution < -0.4 is 5.43 Å². The third-order valence-corrected chi connectivity index (χ3v) is 4.33. The number of non-ortho nitro benzene ring substituents is 1. The second-order valence-electron chi connectivity index (χ2n) is 4.05. The Morgan fingerprint density at radius 3 is 2.48 bits per heavy atom. The number of nitro groups is 1. The summed E-state index contributed by atoms with van der Waals surface area (Å²) in [5.41, 5.74) is 3.36. The summed E-state index contributed by atoms with van der Waals surface area (Å²) in [4.78, 5) is 22.8. The first kappa shape index (κ1) is 15.3. The van der Waals surface area contributed by atoms with Crippen molar-refractivity contribution in [3.63, 3.8) is 0 Å². The molecule has 0 atom stereocenters. The molecular formula is C13H10BrN3O3S. The number of hydrogen-bond donors (Lipinski definition) is 1. The van der Waals surface area contributed by atoms with Gasteiger partial charge in [0, 0.05) is 17.7 Å². The van der Waals surface area contributed by atoms with Crippen molar-refractivity contribution in [2.75, 3.05) is 0 Å². The molecule has 1 amide bonds. The van der Waals surface area contributed by atoms with Crippen LogP contribution in [0.5, 0.6) is 0 Å². The number of nitro benzene ring substituents is 1. The van der Waals surface area contributed by atoms with Gasteiger partial charge in [0.05, 0.1) is 19.3 Å². The van der Waals surface area contributed by atoms with E-state index in [0.29, 0.717) is 11.3 Å². The minimum atomic E-state index is -0.515. The molecule has 0 unspecified atom stereocenters. The van der Waals surface area contributed by atoms with Crippen LogP contribution in [0.2, 0.25) is 0 Å². The first-order valence-electron chi connectivity index (χ1n) is 5.82. The van der Waals surface area contributed by atoms with Gasteiger partial charge in [0.15, 0.2) is 0 Å². The summed E-state index contributed by atoms with van der Waals surface area (Å²) >= 11 is 4.86. The topological polar surface area (TPSA) is 84.6 Å². The number of benzene rings is 1. The fraction of sp³-hybridized carbons (Fsp3) is 0.0769. The van der Waals surface area contributed by atoms with Gasteiger partial charge < -0.3 is 0 Å². The molecule has 0 spiro atoms. The fourth-order valence-electron chi connectivity index (χ4n) is 1.50. The number of nitrogens with zero attached hydrogens (tertiary/aromatic N) is 2. The second kappa shape index (κ2) is 6.59. The molecule has 108 valence electrons. The molecule has 1 N–H and O–H groups in total. The van der Waals surface area contributed by atoms with E-state index in [1.54, 1.807) is 6.92 Å². The summed E-state index contributed by atoms with van der Waals surface area (Å²) in [6, 6.07) is 9.13. The molecule has 1 aromatic carbocycles. The third-order valence-electron chi connectivity index (χ3n) is 2.60. The number of amides is 1. The Kier molecular flexibility index (Phi) is 4.81. The summed E-state index contributed by atoms with van der Waals surface area (Å²) in [5, 5.41) is 14.6. The lowest BCUT2D eigenvalue weighted by molar-refractivity contribution is -0.384. The van der Waals surface area contributed by atoms with E-state index in [2.05, 4.69) is 26.5 Å². The van der Waals surface area contributed by atoms with Crippen LogP contribution in [0.25, 0.3) is 0 Å². The molecule has 0 aliphatic heterocycles. The zero-order valence-electron chi connectivity index (χ0n) is 10.9. The van der Waals surface area contributed by atoms with Crippen molar-refractivity contribution in [1.29, 1.82) is 0 Å². The molecule has 0 bridgehead atoms. The maximum Gasteiger partial charge on any atom is 0.271 e. The second-order valence-corrected chi connectivity index (χ2v) is 6.51. The predicted molar refractivity (Wildman–Crippen MR) is 84.8 cm³/mol. The summed E-state index contributed by atoms with van der Waals surface area (Å²) in [7, 11) is 0. The van der Waals surface area contributed by atoms with E-state index in [1.807, 2.05) is 12.1 Å². The zero-order chi connectivity index (χ0) is 15.4. The SMILES string of the molecule is CC(=NNC(=O)c1ccc([N+](=O)[O-])cc1)c1ccc(Br)s1. The molecule has 0 saturated carbocycles. The van der Waals surface area contributed by atoms with Crippen LogP contribution in [0.3, 0.4) is 0 Å². The Balaban J connectivity index is 2.06. The Labute approximate surface area is 132 Å². The molecule has 0 aliphatic rings. The van der Waals surface area contributed by atoms with Crippen molar-refractivity contribution >= 4 is 44.6 Å². The predicted octanol–water partition coefficient (Wildman–Crippen LogP) is 3.57. The van der Waals surface area contributed by atoms with E-state index in [1.165, 1.54) is 35.6 Å². The molecule has 1 heterocycles. The fourth-order valence-corrected chi connectivity index (χ4v) is 2.83. The summed E-state index contributed by atoms with van der Waals surface area (Å²) in [6.07, 6.45) is 0. The van der Waals surface area contributed by atoms with E-state index in [-0.39, 0.29) is 5.69 Å². The van der Waals surface area contributed by atoms with Gasteiger partial charge in [0.1, 0.15) is 0 Å². The number of rotatable bonds is 4. The van der Waals surface area contributed by atoms with Crippen LogP contribution in [0, 0.1) is 10.1 Å². The first-order valence-corrected chi connectivity index (χ1v) is 7.43. The highest BCUT2D eigenvalue weighted by Crippen LogP contribution is 2.22. The van der Waals surface area contributed by atoms with Gasteiger partial charge in [0.25, 0.3) is 11.6 Å². The van der Waals surface area contributed by atoms with Crippen LogP contribution in [-0.2, 0) is 0 Å². The first-order chi connectivity index (χ1) is 9.97. The van der Waals surface area contributed by atoms with Crippen molar-refractivity contribution in [1.82, 2.24) is 5.43 Å². The highest BCUT2D eigenvalue weighted by atomic mass is 79.9. The molecule has 8 heteroatoms. The lowest BCUT2D eigenvalue weighted by Crippen LogP contribution is -2.19. The minimum absolute atomic E-state index is 0.0605. The standard InChI is InChI=1S/C13H10BrN3O3S/c1-8(11-6-7-12(14)21-11)15-16-13(18)9-2-4-10(5-3-9)17(19)20/h2-7H,1H3,(H,16,18). The number of carbonyl (C=O) groups is 1. The molecule has 21 heavy (non-hydrogen) atoms. The third kappa shape index (κ3) is 3.96. The maximum absolute atomic E-state index is 11.9. The van der Waals surface area contributed by atoms with E-state index < -0.39 is 10.8 Å². The molecule has 1 aromatic heterocycles. The lowest BCUT2D eigenvalue weighted by atomic mass is 10.2. The van der Waals surface area contributed by atoms with Crippen molar-refractivity contribution in [2.45, 2.75) is 6.92 Å². The minimum Gasteiger partial charge on any atom is -0.267 e. The Bertz CT molecular complexity index is 710. The average molecular weight is 368 g/mol. The lowest BCUT2D eigenvalue weighted by Gasteiger charge is -2.01. The molecule has 2 rings (SSSR count). The highest BCUT2D eigenvalue weighted by molar-refractivity contribution is 9.11. The average Bonchev–Trinajstić information content (AvgIpc) is 2.91. The van der Waals surface area contributed by atoms with Crippen molar-refractivity contribution in [3.8, 4) is 0 Å². The smallest absolute Gasteiger partial charge is 0.267 e. The van der Waals surface area contributed by atoms with Crippen LogP contribution in [0.4, 0.5) is 5.69 Å². The molecule has 2 aromatic rings. The van der Waals surface area contributed by atoms with Crippen molar-refractivity contribution in [3.05, 3.63) is 60.7 Å². The zero-order valence-corrected chi connectivity index (χ0v) is 13.3. The molecule has 0 aliphatic carbocycles. The normalized spacial score (nSPS) is 11.2. The highest BCUT2D eigenvalue weighted by Gasteiger charge is 2.09. The van der Waals surface area contributed by atoms with Gasteiger partial charge >= 0.3 is 0 Å². The van der Waals surface area contributed by atoms with E-state index in [4.69, 9.17) is 0 Å². The van der Waals surface area contributed by atoms with Gasteiger partial charge in [0.2, 0.25) is 0 Å². The quantitative estimate of drug-likeness (QED) is 0.509. The summed E-state index contributed by atoms with van der Waals surface area (Å²) in [6.45, 7) is 1.79. The van der Waals surface area contributed by atoms with Crippen molar-refractivity contribution in [2.24, 2.45) is 5.10 Å². The molecule has 0 saturated heterocycles. The number of hydrazone groups is 1. The van der Waals surface area contributed by atoms with Crippen LogP contribution in [-0.4, -0.2) is 16.5 Å². The van der Waals surface area contributed by atoms with Crippen LogP contribution in [0.1, 0.15) is 22.2 Å². The van der Waals surface area contributed by atoms with Gasteiger partial charge in [-0.05, 0) is 47.1 Å². The summed E-state index contributed by atoms with van der Waals surface area (Å²) in [5.74, 6) is -0.417. The maximum atomic E-state index is 11.9. The Morgan fingerprint density at radius 1 is 1.29 bits per heavy atom. The van der Waals surface area contributed by atoms with E-state index in [9.17, 15) is 14.9 Å².